The zero-order valence-corrected chi connectivity index (χ0v) is 17.5. The van der Waals surface area contributed by atoms with Gasteiger partial charge in [-0.3, -0.25) is 0 Å². The van der Waals surface area contributed by atoms with Crippen LogP contribution in [0.2, 0.25) is 0 Å². The molecular formula is C23H20N2O8. The third kappa shape index (κ3) is 5.93. The summed E-state index contributed by atoms with van der Waals surface area (Å²) < 4.78 is 31.8. The van der Waals surface area contributed by atoms with Crippen LogP contribution < -0.4 is 18.9 Å². The second kappa shape index (κ2) is 9.39. The van der Waals surface area contributed by atoms with Gasteiger partial charge >= 0.3 is 11.9 Å². The quantitative estimate of drug-likeness (QED) is 0.305. The van der Waals surface area contributed by atoms with Crippen LogP contribution >= 0.6 is 0 Å². The fourth-order valence-corrected chi connectivity index (χ4v) is 2.82. The highest BCUT2D eigenvalue weighted by Crippen LogP contribution is 2.22. The molecule has 0 aliphatic carbocycles. The highest BCUT2D eigenvalue weighted by Gasteiger charge is 2.28. The van der Waals surface area contributed by atoms with E-state index in [1.54, 1.807) is 48.5 Å². The number of hydrogen-bond acceptors (Lipinski definition) is 10. The van der Waals surface area contributed by atoms with E-state index in [0.717, 1.165) is 0 Å². The van der Waals surface area contributed by atoms with Crippen molar-refractivity contribution in [3.63, 3.8) is 0 Å². The number of hydrogen-bond donors (Lipinski definition) is 0. The third-order valence-corrected chi connectivity index (χ3v) is 4.84. The molecule has 10 heteroatoms. The predicted molar refractivity (Wildman–Crippen MR) is 114 cm³/mol. The molecule has 0 aromatic heterocycles. The average Bonchev–Trinajstić information content (AvgIpc) is 3.77. The normalized spacial score (nSPS) is 20.4. The van der Waals surface area contributed by atoms with Crippen molar-refractivity contribution in [2.24, 2.45) is 10.2 Å². The van der Waals surface area contributed by atoms with E-state index < -0.39 is 11.9 Å². The lowest BCUT2D eigenvalue weighted by atomic mass is 10.2. The van der Waals surface area contributed by atoms with Crippen molar-refractivity contribution >= 4 is 23.4 Å². The molecule has 2 saturated heterocycles. The first-order valence-corrected chi connectivity index (χ1v) is 10.4. The fourth-order valence-electron chi connectivity index (χ4n) is 2.82. The Morgan fingerprint density at radius 1 is 0.697 bits per heavy atom. The Morgan fingerprint density at radius 3 is 1.42 bits per heavy atom. The summed E-state index contributed by atoms with van der Waals surface area (Å²) in [7, 11) is 0. The number of ether oxygens (including phenoxy) is 6. The summed E-state index contributed by atoms with van der Waals surface area (Å²) in [5, 5.41) is 7.54. The van der Waals surface area contributed by atoms with Gasteiger partial charge in [-0.15, -0.1) is 10.2 Å². The minimum atomic E-state index is -0.692. The van der Waals surface area contributed by atoms with Crippen molar-refractivity contribution in [3.8, 4) is 23.0 Å². The van der Waals surface area contributed by atoms with Gasteiger partial charge < -0.3 is 28.4 Å². The van der Waals surface area contributed by atoms with Gasteiger partial charge in [0.1, 0.15) is 48.4 Å². The van der Waals surface area contributed by atoms with E-state index in [1.807, 2.05) is 0 Å². The smallest absolute Gasteiger partial charge is 0.360 e. The van der Waals surface area contributed by atoms with E-state index >= 15 is 0 Å². The highest BCUT2D eigenvalue weighted by molar-refractivity contribution is 6.50. The first-order chi connectivity index (χ1) is 16.1. The standard InChI is InChI=1S/C23H20N2O8/c26-22(32-16-5-1-14(2-6-16)28-10-18-12-30-18)20-9-21(25-24-20)23(27)33-17-7-3-15(4-8-17)29-11-19-13-31-19/h1-8,18-19H,9-13H2. The van der Waals surface area contributed by atoms with Gasteiger partial charge in [-0.1, -0.05) is 0 Å². The van der Waals surface area contributed by atoms with Gasteiger partial charge in [0.05, 0.1) is 19.6 Å². The first-order valence-electron chi connectivity index (χ1n) is 10.4. The van der Waals surface area contributed by atoms with Gasteiger partial charge in [-0.2, -0.15) is 0 Å². The minimum Gasteiger partial charge on any atom is -0.491 e. The van der Waals surface area contributed by atoms with Crippen LogP contribution in [0.4, 0.5) is 0 Å². The van der Waals surface area contributed by atoms with E-state index in [1.165, 1.54) is 0 Å². The summed E-state index contributed by atoms with van der Waals surface area (Å²) in [6.07, 6.45) is 0.234. The summed E-state index contributed by atoms with van der Waals surface area (Å²) in [5.74, 6) is 0.556. The monoisotopic (exact) mass is 452 g/mol. The molecule has 0 amide bonds. The number of esters is 2. The molecule has 0 spiro atoms. The highest BCUT2D eigenvalue weighted by atomic mass is 16.6. The third-order valence-electron chi connectivity index (χ3n) is 4.84. The Morgan fingerprint density at radius 2 is 1.06 bits per heavy atom. The van der Waals surface area contributed by atoms with Crippen LogP contribution in [-0.2, 0) is 19.1 Å². The fraction of sp³-hybridized carbons (Fsp3) is 0.304. The summed E-state index contributed by atoms with van der Waals surface area (Å²) >= 11 is 0. The van der Waals surface area contributed by atoms with Crippen LogP contribution in [0.5, 0.6) is 23.0 Å². The second-order valence-corrected chi connectivity index (χ2v) is 7.52. The van der Waals surface area contributed by atoms with Gasteiger partial charge in [-0.05, 0) is 48.5 Å². The molecule has 0 saturated carbocycles. The Kier molecular flexibility index (Phi) is 6.01. The summed E-state index contributed by atoms with van der Waals surface area (Å²) in [6, 6.07) is 13.2. The molecular weight excluding hydrogens is 432 g/mol. The van der Waals surface area contributed by atoms with Crippen molar-refractivity contribution < 1.29 is 38.0 Å². The number of benzene rings is 2. The molecule has 2 aromatic rings. The number of rotatable bonds is 10. The van der Waals surface area contributed by atoms with Crippen LogP contribution in [0.3, 0.4) is 0 Å². The van der Waals surface area contributed by atoms with Crippen molar-refractivity contribution in [1.82, 2.24) is 0 Å². The van der Waals surface area contributed by atoms with Gasteiger partial charge in [0.25, 0.3) is 0 Å². The SMILES string of the molecule is O=C(Oc1ccc(OCC2CO2)cc1)C1=NN=C(C(=O)Oc2ccc(OCC3CO3)cc2)C1. The lowest BCUT2D eigenvalue weighted by molar-refractivity contribution is -0.127. The zero-order valence-electron chi connectivity index (χ0n) is 17.5. The molecule has 0 radical (unpaired) electrons. The number of epoxide rings is 2. The molecule has 2 unspecified atom stereocenters. The van der Waals surface area contributed by atoms with Gasteiger partial charge in [-0.25, -0.2) is 9.59 Å². The van der Waals surface area contributed by atoms with Crippen LogP contribution in [0.15, 0.2) is 58.7 Å². The number of carbonyl (C=O) groups excluding carboxylic acids is 2. The van der Waals surface area contributed by atoms with E-state index in [9.17, 15) is 9.59 Å². The maximum Gasteiger partial charge on any atom is 0.360 e. The van der Waals surface area contributed by atoms with Crippen LogP contribution in [0.25, 0.3) is 0 Å². The van der Waals surface area contributed by atoms with E-state index in [2.05, 4.69) is 10.2 Å². The predicted octanol–water partition coefficient (Wildman–Crippen LogP) is 1.95. The Balaban J connectivity index is 1.07. The molecule has 2 aromatic carbocycles. The second-order valence-electron chi connectivity index (χ2n) is 7.52. The topological polar surface area (TPSA) is 121 Å². The van der Waals surface area contributed by atoms with Crippen LogP contribution in [0.1, 0.15) is 6.42 Å². The maximum atomic E-state index is 12.4. The van der Waals surface area contributed by atoms with E-state index in [-0.39, 0.29) is 30.1 Å². The summed E-state index contributed by atoms with van der Waals surface area (Å²) in [6.45, 7) is 2.40. The van der Waals surface area contributed by atoms with Crippen molar-refractivity contribution in [1.29, 1.82) is 0 Å². The van der Waals surface area contributed by atoms with E-state index in [4.69, 9.17) is 28.4 Å². The van der Waals surface area contributed by atoms with Crippen LogP contribution in [-0.4, -0.2) is 62.0 Å². The molecule has 3 aliphatic rings. The molecule has 33 heavy (non-hydrogen) atoms. The molecule has 170 valence electrons. The van der Waals surface area contributed by atoms with Gasteiger partial charge in [0, 0.05) is 0 Å². The van der Waals surface area contributed by atoms with Crippen molar-refractivity contribution in [2.75, 3.05) is 26.4 Å². The maximum absolute atomic E-state index is 12.4. The zero-order chi connectivity index (χ0) is 22.6. The average molecular weight is 452 g/mol. The molecule has 2 atom stereocenters. The molecule has 0 bridgehead atoms. The largest absolute Gasteiger partial charge is 0.491 e. The molecule has 10 nitrogen and oxygen atoms in total. The Labute approximate surface area is 188 Å². The molecule has 5 rings (SSSR count). The molecule has 2 fully saturated rings. The molecule has 3 aliphatic heterocycles. The summed E-state index contributed by atoms with van der Waals surface area (Å²) in [4.78, 5) is 24.7. The van der Waals surface area contributed by atoms with Crippen LogP contribution in [0, 0.1) is 0 Å². The Bertz CT molecular complexity index is 999. The lowest BCUT2D eigenvalue weighted by Crippen LogP contribution is -2.25. The summed E-state index contributed by atoms with van der Waals surface area (Å²) in [5.41, 5.74) is 0.0263. The number of carbonyl (C=O) groups is 2. The van der Waals surface area contributed by atoms with Crippen molar-refractivity contribution in [2.45, 2.75) is 18.6 Å². The first kappa shape index (κ1) is 21.1. The minimum absolute atomic E-state index is 0.0131. The lowest BCUT2D eigenvalue weighted by Gasteiger charge is -2.07. The van der Waals surface area contributed by atoms with E-state index in [0.29, 0.717) is 49.4 Å². The molecule has 3 heterocycles. The van der Waals surface area contributed by atoms with Gasteiger partial charge in [0.2, 0.25) is 0 Å². The molecule has 0 N–H and O–H groups in total. The number of nitrogens with zero attached hydrogens (tertiary/aromatic N) is 2. The van der Waals surface area contributed by atoms with Gasteiger partial charge in [0.15, 0.2) is 11.4 Å². The Hall–Kier alpha value is -3.76. The van der Waals surface area contributed by atoms with Crippen molar-refractivity contribution in [3.05, 3.63) is 48.5 Å².